The molecule has 2 aromatic carbocycles. The SMILES string of the molecule is N#Cc1ccc(OC(=O)CC(NC(=O)C(F)(F)F)c2ccc(Cl)cc2)cc1. The van der Waals surface area contributed by atoms with Crippen molar-refractivity contribution in [2.24, 2.45) is 0 Å². The molecule has 0 spiro atoms. The molecule has 1 atom stereocenters. The van der Waals surface area contributed by atoms with E-state index in [1.807, 2.05) is 6.07 Å². The Labute approximate surface area is 157 Å². The summed E-state index contributed by atoms with van der Waals surface area (Å²) in [6.07, 6.45) is -5.63. The van der Waals surface area contributed by atoms with Gasteiger partial charge in [-0.2, -0.15) is 18.4 Å². The number of halogens is 4. The van der Waals surface area contributed by atoms with Crippen molar-refractivity contribution in [2.75, 3.05) is 0 Å². The van der Waals surface area contributed by atoms with E-state index in [0.29, 0.717) is 10.6 Å². The van der Waals surface area contributed by atoms with E-state index in [1.54, 1.807) is 5.32 Å². The number of nitrogens with zero attached hydrogens (tertiary/aromatic N) is 1. The van der Waals surface area contributed by atoms with E-state index >= 15 is 0 Å². The Hall–Kier alpha value is -3.05. The highest BCUT2D eigenvalue weighted by Gasteiger charge is 2.40. The van der Waals surface area contributed by atoms with Crippen molar-refractivity contribution in [1.82, 2.24) is 5.32 Å². The number of alkyl halides is 3. The standard InChI is InChI=1S/C18H12ClF3N2O3/c19-13-5-3-12(4-6-13)15(24-17(26)18(20,21)22)9-16(25)27-14-7-1-11(10-23)2-8-14/h1-8,15H,9H2,(H,24,26). The van der Waals surface area contributed by atoms with Crippen LogP contribution >= 0.6 is 11.6 Å². The van der Waals surface area contributed by atoms with Gasteiger partial charge < -0.3 is 10.1 Å². The van der Waals surface area contributed by atoms with Crippen LogP contribution in [0.3, 0.4) is 0 Å². The lowest BCUT2D eigenvalue weighted by atomic mass is 10.0. The molecule has 0 radical (unpaired) electrons. The second kappa shape index (κ2) is 8.56. The zero-order chi connectivity index (χ0) is 20.0. The van der Waals surface area contributed by atoms with E-state index in [-0.39, 0.29) is 11.3 Å². The zero-order valence-electron chi connectivity index (χ0n) is 13.6. The summed E-state index contributed by atoms with van der Waals surface area (Å²) in [7, 11) is 0. The van der Waals surface area contributed by atoms with Crippen molar-refractivity contribution in [3.05, 3.63) is 64.7 Å². The number of rotatable bonds is 5. The van der Waals surface area contributed by atoms with Crippen molar-refractivity contribution in [2.45, 2.75) is 18.6 Å². The fraction of sp³-hybridized carbons (Fsp3) is 0.167. The van der Waals surface area contributed by atoms with Crippen LogP contribution in [0, 0.1) is 11.3 Å². The van der Waals surface area contributed by atoms with E-state index in [1.165, 1.54) is 48.5 Å². The molecule has 1 unspecified atom stereocenters. The summed E-state index contributed by atoms with van der Waals surface area (Å²) in [6.45, 7) is 0. The molecule has 2 aromatic rings. The minimum Gasteiger partial charge on any atom is -0.426 e. The normalized spacial score (nSPS) is 12.0. The molecule has 1 N–H and O–H groups in total. The van der Waals surface area contributed by atoms with Gasteiger partial charge in [0.1, 0.15) is 5.75 Å². The molecule has 0 saturated carbocycles. The van der Waals surface area contributed by atoms with Crippen LogP contribution < -0.4 is 10.1 Å². The maximum atomic E-state index is 12.6. The van der Waals surface area contributed by atoms with Gasteiger partial charge in [-0.25, -0.2) is 0 Å². The average Bonchev–Trinajstić information content (AvgIpc) is 2.61. The number of benzene rings is 2. The van der Waals surface area contributed by atoms with Crippen molar-refractivity contribution in [3.63, 3.8) is 0 Å². The van der Waals surface area contributed by atoms with Gasteiger partial charge >= 0.3 is 18.1 Å². The summed E-state index contributed by atoms with van der Waals surface area (Å²) in [4.78, 5) is 23.4. The quantitative estimate of drug-likeness (QED) is 0.613. The molecule has 0 saturated heterocycles. The first-order valence-electron chi connectivity index (χ1n) is 7.53. The largest absolute Gasteiger partial charge is 0.471 e. The van der Waals surface area contributed by atoms with Gasteiger partial charge in [-0.05, 0) is 42.0 Å². The van der Waals surface area contributed by atoms with E-state index in [4.69, 9.17) is 21.6 Å². The molecule has 0 aromatic heterocycles. The van der Waals surface area contributed by atoms with E-state index in [9.17, 15) is 22.8 Å². The van der Waals surface area contributed by atoms with E-state index in [2.05, 4.69) is 0 Å². The summed E-state index contributed by atoms with van der Waals surface area (Å²) in [5.41, 5.74) is 0.611. The van der Waals surface area contributed by atoms with Gasteiger partial charge in [0.2, 0.25) is 0 Å². The Morgan fingerprint density at radius 1 is 1.11 bits per heavy atom. The van der Waals surface area contributed by atoms with Gasteiger partial charge in [0.25, 0.3) is 0 Å². The van der Waals surface area contributed by atoms with Crippen LogP contribution in [0.15, 0.2) is 48.5 Å². The summed E-state index contributed by atoms with van der Waals surface area (Å²) in [5.74, 6) is -2.91. The van der Waals surface area contributed by atoms with Crippen molar-refractivity contribution < 1.29 is 27.5 Å². The Balaban J connectivity index is 2.14. The lowest BCUT2D eigenvalue weighted by molar-refractivity contribution is -0.174. The van der Waals surface area contributed by atoms with Gasteiger partial charge in [0.15, 0.2) is 0 Å². The van der Waals surface area contributed by atoms with Crippen LogP contribution in [0.1, 0.15) is 23.6 Å². The number of hydrogen-bond donors (Lipinski definition) is 1. The van der Waals surface area contributed by atoms with Gasteiger partial charge in [0.05, 0.1) is 24.1 Å². The highest BCUT2D eigenvalue weighted by atomic mass is 35.5. The van der Waals surface area contributed by atoms with Crippen LogP contribution in [0.4, 0.5) is 13.2 Å². The molecule has 0 aliphatic heterocycles. The van der Waals surface area contributed by atoms with Gasteiger partial charge in [0, 0.05) is 5.02 Å². The van der Waals surface area contributed by atoms with Crippen LogP contribution in [-0.2, 0) is 9.59 Å². The van der Waals surface area contributed by atoms with E-state index < -0.39 is 30.5 Å². The molecule has 140 valence electrons. The fourth-order valence-electron chi connectivity index (χ4n) is 2.12. The number of carbonyl (C=O) groups is 2. The first-order chi connectivity index (χ1) is 12.7. The summed E-state index contributed by atoms with van der Waals surface area (Å²) in [6, 6.07) is 11.9. The Morgan fingerprint density at radius 2 is 1.70 bits per heavy atom. The highest BCUT2D eigenvalue weighted by molar-refractivity contribution is 6.30. The third-order valence-electron chi connectivity index (χ3n) is 3.42. The number of esters is 1. The predicted molar refractivity (Wildman–Crippen MR) is 89.8 cm³/mol. The molecular weight excluding hydrogens is 385 g/mol. The van der Waals surface area contributed by atoms with Crippen LogP contribution in [-0.4, -0.2) is 18.1 Å². The first kappa shape index (κ1) is 20.3. The van der Waals surface area contributed by atoms with E-state index in [0.717, 1.165) is 0 Å². The maximum absolute atomic E-state index is 12.6. The Kier molecular flexibility index (Phi) is 6.42. The van der Waals surface area contributed by atoms with Crippen molar-refractivity contribution in [3.8, 4) is 11.8 Å². The smallest absolute Gasteiger partial charge is 0.426 e. The monoisotopic (exact) mass is 396 g/mol. The Bertz CT molecular complexity index is 859. The third kappa shape index (κ3) is 6.01. The molecule has 5 nitrogen and oxygen atoms in total. The third-order valence-corrected chi connectivity index (χ3v) is 3.67. The molecule has 0 bridgehead atoms. The molecule has 2 rings (SSSR count). The highest BCUT2D eigenvalue weighted by Crippen LogP contribution is 2.24. The van der Waals surface area contributed by atoms with Crippen molar-refractivity contribution in [1.29, 1.82) is 5.26 Å². The number of ether oxygens (including phenoxy) is 1. The second-order valence-electron chi connectivity index (χ2n) is 5.39. The number of amides is 1. The van der Waals surface area contributed by atoms with Gasteiger partial charge in [-0.1, -0.05) is 23.7 Å². The van der Waals surface area contributed by atoms with Crippen LogP contribution in [0.2, 0.25) is 5.02 Å². The minimum absolute atomic E-state index is 0.121. The molecule has 0 fully saturated rings. The number of hydrogen-bond acceptors (Lipinski definition) is 4. The van der Waals surface area contributed by atoms with Crippen LogP contribution in [0.25, 0.3) is 0 Å². The van der Waals surface area contributed by atoms with Crippen LogP contribution in [0.5, 0.6) is 5.75 Å². The number of nitriles is 1. The number of nitrogens with one attached hydrogen (secondary N) is 1. The Morgan fingerprint density at radius 3 is 2.22 bits per heavy atom. The van der Waals surface area contributed by atoms with Crippen molar-refractivity contribution >= 4 is 23.5 Å². The molecule has 9 heteroatoms. The summed E-state index contributed by atoms with van der Waals surface area (Å²) >= 11 is 5.75. The molecule has 27 heavy (non-hydrogen) atoms. The number of carbonyl (C=O) groups excluding carboxylic acids is 2. The molecule has 0 aliphatic rings. The predicted octanol–water partition coefficient (Wildman–Crippen LogP) is 3.93. The van der Waals surface area contributed by atoms with Gasteiger partial charge in [-0.3, -0.25) is 9.59 Å². The minimum atomic E-state index is -5.10. The maximum Gasteiger partial charge on any atom is 0.471 e. The fourth-order valence-corrected chi connectivity index (χ4v) is 2.25. The summed E-state index contributed by atoms with van der Waals surface area (Å²) in [5, 5.41) is 10.8. The molecular formula is C18H12ClF3N2O3. The average molecular weight is 397 g/mol. The molecule has 1 amide bonds. The lowest BCUT2D eigenvalue weighted by Gasteiger charge is -2.19. The molecule has 0 aliphatic carbocycles. The molecule has 0 heterocycles. The topological polar surface area (TPSA) is 79.2 Å². The first-order valence-corrected chi connectivity index (χ1v) is 7.91. The van der Waals surface area contributed by atoms with Gasteiger partial charge in [-0.15, -0.1) is 0 Å². The lowest BCUT2D eigenvalue weighted by Crippen LogP contribution is -2.40. The zero-order valence-corrected chi connectivity index (χ0v) is 14.3. The summed E-state index contributed by atoms with van der Waals surface area (Å²) < 4.78 is 42.8. The second-order valence-corrected chi connectivity index (χ2v) is 5.83.